The fourth-order valence-electron chi connectivity index (χ4n) is 2.42. The average molecular weight is 315 g/mol. The highest BCUT2D eigenvalue weighted by molar-refractivity contribution is 7.92. The van der Waals surface area contributed by atoms with Crippen LogP contribution in [0.2, 0.25) is 0 Å². The summed E-state index contributed by atoms with van der Waals surface area (Å²) in [7, 11) is -3.63. The fourth-order valence-corrected chi connectivity index (χ4v) is 3.54. The molecule has 0 spiro atoms. The zero-order valence-electron chi connectivity index (χ0n) is 12.4. The van der Waals surface area contributed by atoms with Crippen LogP contribution in [0.25, 0.3) is 11.0 Å². The fraction of sp³-hybridized carbons (Fsp3) is 0.188. The van der Waals surface area contributed by atoms with Crippen LogP contribution in [0.3, 0.4) is 0 Å². The van der Waals surface area contributed by atoms with Crippen molar-refractivity contribution < 1.29 is 8.42 Å². The van der Waals surface area contributed by atoms with Crippen LogP contribution >= 0.6 is 0 Å². The molecule has 0 unspecified atom stereocenters. The SMILES string of the molecule is CCc1ccccc1NS(=O)(=O)c1ccc2nc(C)[nH]c2c1. The Kier molecular flexibility index (Phi) is 3.62. The first-order valence-electron chi connectivity index (χ1n) is 7.06. The number of H-pyrrole nitrogens is 1. The molecule has 0 amide bonds. The highest BCUT2D eigenvalue weighted by Gasteiger charge is 2.16. The lowest BCUT2D eigenvalue weighted by molar-refractivity contribution is 0.601. The minimum Gasteiger partial charge on any atom is -0.342 e. The maximum atomic E-state index is 12.6. The van der Waals surface area contributed by atoms with Crippen LogP contribution in [0, 0.1) is 6.92 Å². The van der Waals surface area contributed by atoms with E-state index in [4.69, 9.17) is 0 Å². The lowest BCUT2D eigenvalue weighted by Gasteiger charge is -2.11. The zero-order chi connectivity index (χ0) is 15.7. The third-order valence-corrected chi connectivity index (χ3v) is 4.89. The molecule has 22 heavy (non-hydrogen) atoms. The van der Waals surface area contributed by atoms with Gasteiger partial charge < -0.3 is 4.98 Å². The van der Waals surface area contributed by atoms with E-state index in [9.17, 15) is 8.42 Å². The van der Waals surface area contributed by atoms with Crippen molar-refractivity contribution in [3.8, 4) is 0 Å². The molecule has 1 heterocycles. The van der Waals surface area contributed by atoms with Gasteiger partial charge in [-0.2, -0.15) is 0 Å². The smallest absolute Gasteiger partial charge is 0.261 e. The summed E-state index contributed by atoms with van der Waals surface area (Å²) in [6.45, 7) is 3.83. The molecule has 6 heteroatoms. The molecule has 2 N–H and O–H groups in total. The highest BCUT2D eigenvalue weighted by atomic mass is 32.2. The molecule has 114 valence electrons. The number of fused-ring (bicyclic) bond motifs is 1. The molecule has 0 radical (unpaired) electrons. The molecule has 0 aliphatic heterocycles. The Morgan fingerprint density at radius 3 is 2.73 bits per heavy atom. The maximum Gasteiger partial charge on any atom is 0.261 e. The summed E-state index contributed by atoms with van der Waals surface area (Å²) in [6.07, 6.45) is 0.761. The molecule has 0 atom stereocenters. The van der Waals surface area contributed by atoms with Gasteiger partial charge in [0.1, 0.15) is 5.82 Å². The molecule has 0 aliphatic carbocycles. The minimum atomic E-state index is -3.63. The van der Waals surface area contributed by atoms with Crippen molar-refractivity contribution in [1.29, 1.82) is 0 Å². The Hall–Kier alpha value is -2.34. The predicted octanol–water partition coefficient (Wildman–Crippen LogP) is 3.23. The summed E-state index contributed by atoms with van der Waals surface area (Å²) in [4.78, 5) is 7.55. The Labute approximate surface area is 129 Å². The number of hydrogen-bond donors (Lipinski definition) is 2. The molecular formula is C16H17N3O2S. The van der Waals surface area contributed by atoms with Gasteiger partial charge in [0.05, 0.1) is 21.6 Å². The molecule has 0 aliphatic rings. The van der Waals surface area contributed by atoms with Crippen molar-refractivity contribution in [1.82, 2.24) is 9.97 Å². The topological polar surface area (TPSA) is 74.8 Å². The van der Waals surface area contributed by atoms with E-state index in [2.05, 4.69) is 14.7 Å². The largest absolute Gasteiger partial charge is 0.342 e. The number of anilines is 1. The van der Waals surface area contributed by atoms with Gasteiger partial charge in [0.25, 0.3) is 10.0 Å². The van der Waals surface area contributed by atoms with Crippen LogP contribution in [0.5, 0.6) is 0 Å². The van der Waals surface area contributed by atoms with Crippen molar-refractivity contribution in [2.75, 3.05) is 4.72 Å². The van der Waals surface area contributed by atoms with Gasteiger partial charge in [-0.05, 0) is 43.2 Å². The molecule has 5 nitrogen and oxygen atoms in total. The monoisotopic (exact) mass is 315 g/mol. The van der Waals surface area contributed by atoms with Crippen LogP contribution < -0.4 is 4.72 Å². The second-order valence-electron chi connectivity index (χ2n) is 5.12. The highest BCUT2D eigenvalue weighted by Crippen LogP contribution is 2.22. The van der Waals surface area contributed by atoms with Gasteiger partial charge in [-0.15, -0.1) is 0 Å². The normalized spacial score (nSPS) is 11.7. The Morgan fingerprint density at radius 1 is 1.18 bits per heavy atom. The van der Waals surface area contributed by atoms with Crippen molar-refractivity contribution in [2.24, 2.45) is 0 Å². The summed E-state index contributed by atoms with van der Waals surface area (Å²) in [5.41, 5.74) is 3.05. The molecule has 1 aromatic heterocycles. The third kappa shape index (κ3) is 2.69. The van der Waals surface area contributed by atoms with E-state index in [0.717, 1.165) is 23.3 Å². The van der Waals surface area contributed by atoms with Gasteiger partial charge in [-0.25, -0.2) is 13.4 Å². The number of aryl methyl sites for hydroxylation is 2. The van der Waals surface area contributed by atoms with E-state index < -0.39 is 10.0 Å². The maximum absolute atomic E-state index is 12.6. The van der Waals surface area contributed by atoms with Crippen LogP contribution in [-0.2, 0) is 16.4 Å². The van der Waals surface area contributed by atoms with Crippen LogP contribution in [0.1, 0.15) is 18.3 Å². The lowest BCUT2D eigenvalue weighted by Crippen LogP contribution is -2.14. The van der Waals surface area contributed by atoms with Gasteiger partial charge in [0.15, 0.2) is 0 Å². The Balaban J connectivity index is 2.00. The number of para-hydroxylation sites is 1. The van der Waals surface area contributed by atoms with E-state index in [1.165, 1.54) is 0 Å². The molecule has 0 saturated carbocycles. The number of aromatic amines is 1. The van der Waals surface area contributed by atoms with E-state index in [-0.39, 0.29) is 4.90 Å². The van der Waals surface area contributed by atoms with Crippen LogP contribution in [-0.4, -0.2) is 18.4 Å². The summed E-state index contributed by atoms with van der Waals surface area (Å²) < 4.78 is 27.8. The van der Waals surface area contributed by atoms with E-state index in [1.807, 2.05) is 32.0 Å². The standard InChI is InChI=1S/C16H17N3O2S/c1-3-12-6-4-5-7-14(12)19-22(20,21)13-8-9-15-16(10-13)18-11(2)17-15/h4-10,19H,3H2,1-2H3,(H,17,18). The van der Waals surface area contributed by atoms with E-state index in [1.54, 1.807) is 24.3 Å². The first-order chi connectivity index (χ1) is 10.5. The van der Waals surface area contributed by atoms with Gasteiger partial charge in [0, 0.05) is 0 Å². The molecule has 0 fully saturated rings. The second kappa shape index (κ2) is 5.46. The number of nitrogens with one attached hydrogen (secondary N) is 2. The molecule has 3 rings (SSSR count). The van der Waals surface area contributed by atoms with Crippen LogP contribution in [0.4, 0.5) is 5.69 Å². The van der Waals surface area contributed by atoms with Gasteiger partial charge in [-0.3, -0.25) is 4.72 Å². The van der Waals surface area contributed by atoms with Gasteiger partial charge in [0.2, 0.25) is 0 Å². The molecule has 3 aromatic rings. The van der Waals surface area contributed by atoms with Crippen LogP contribution in [0.15, 0.2) is 47.4 Å². The minimum absolute atomic E-state index is 0.217. The Bertz CT molecular complexity index is 929. The van der Waals surface area contributed by atoms with Crippen molar-refractivity contribution >= 4 is 26.7 Å². The first-order valence-corrected chi connectivity index (χ1v) is 8.55. The summed E-state index contributed by atoms with van der Waals surface area (Å²) >= 11 is 0. The lowest BCUT2D eigenvalue weighted by atomic mass is 10.1. The number of imidazole rings is 1. The van der Waals surface area contributed by atoms with Gasteiger partial charge >= 0.3 is 0 Å². The first kappa shape index (κ1) is 14.6. The summed E-state index contributed by atoms with van der Waals surface area (Å²) in [5, 5.41) is 0. The Morgan fingerprint density at radius 2 is 1.95 bits per heavy atom. The molecule has 0 bridgehead atoms. The van der Waals surface area contributed by atoms with Crippen molar-refractivity contribution in [3.63, 3.8) is 0 Å². The average Bonchev–Trinajstić information content (AvgIpc) is 2.86. The molecule has 0 saturated heterocycles. The number of hydrogen-bond acceptors (Lipinski definition) is 3. The number of rotatable bonds is 4. The quantitative estimate of drug-likeness (QED) is 0.776. The number of sulfonamides is 1. The zero-order valence-corrected chi connectivity index (χ0v) is 13.2. The van der Waals surface area contributed by atoms with E-state index in [0.29, 0.717) is 11.2 Å². The number of nitrogens with zero attached hydrogens (tertiary/aromatic N) is 1. The second-order valence-corrected chi connectivity index (χ2v) is 6.80. The number of benzene rings is 2. The van der Waals surface area contributed by atoms with E-state index >= 15 is 0 Å². The van der Waals surface area contributed by atoms with Gasteiger partial charge in [-0.1, -0.05) is 25.1 Å². The third-order valence-electron chi connectivity index (χ3n) is 3.52. The summed E-state index contributed by atoms with van der Waals surface area (Å²) in [5.74, 6) is 0.758. The molecule has 2 aromatic carbocycles. The number of aromatic nitrogens is 2. The van der Waals surface area contributed by atoms with Crippen molar-refractivity contribution in [3.05, 3.63) is 53.9 Å². The van der Waals surface area contributed by atoms with Crippen molar-refractivity contribution in [2.45, 2.75) is 25.2 Å². The predicted molar refractivity (Wildman–Crippen MR) is 87.5 cm³/mol. The molecular weight excluding hydrogens is 298 g/mol. The summed E-state index contributed by atoms with van der Waals surface area (Å²) in [6, 6.07) is 12.3.